The molecule has 1 N–H and O–H groups in total. The Labute approximate surface area is 79.5 Å². The molecule has 0 aromatic heterocycles. The first kappa shape index (κ1) is 12.2. The van der Waals surface area contributed by atoms with Crippen LogP contribution in [0.25, 0.3) is 0 Å². The van der Waals surface area contributed by atoms with E-state index in [1.807, 2.05) is 27.7 Å². The lowest BCUT2D eigenvalue weighted by Gasteiger charge is -2.33. The van der Waals surface area contributed by atoms with Crippen molar-refractivity contribution in [1.29, 1.82) is 0 Å². The molecule has 0 radical (unpaired) electrons. The maximum absolute atomic E-state index is 11.4. The average molecular weight is 189 g/mol. The number of nitrogens with zero attached hydrogens (tertiary/aromatic N) is 1. The maximum Gasteiger partial charge on any atom is 0.410 e. The van der Waals surface area contributed by atoms with Crippen molar-refractivity contribution < 1.29 is 14.6 Å². The molecule has 0 aromatic carbocycles. The Bertz CT molecular complexity index is 163. The molecular weight excluding hydrogens is 170 g/mol. The molecule has 0 rings (SSSR count). The Balaban J connectivity index is 4.16. The van der Waals surface area contributed by atoms with Crippen LogP contribution >= 0.6 is 0 Å². The lowest BCUT2D eigenvalue weighted by atomic mass is 10.1. The van der Waals surface area contributed by atoms with Gasteiger partial charge in [-0.3, -0.25) is 0 Å². The molecule has 78 valence electrons. The summed E-state index contributed by atoms with van der Waals surface area (Å²) in [5.74, 6) is 0. The van der Waals surface area contributed by atoms with Crippen molar-refractivity contribution in [3.8, 4) is 0 Å². The number of hydrogen-bond acceptors (Lipinski definition) is 3. The monoisotopic (exact) mass is 189 g/mol. The fourth-order valence-electron chi connectivity index (χ4n) is 1.09. The quantitative estimate of drug-likeness (QED) is 0.726. The molecular formula is C9H19NO3. The molecule has 0 aliphatic heterocycles. The van der Waals surface area contributed by atoms with E-state index in [4.69, 9.17) is 9.84 Å². The van der Waals surface area contributed by atoms with Crippen LogP contribution < -0.4 is 0 Å². The zero-order valence-electron chi connectivity index (χ0n) is 8.83. The number of aliphatic hydroxyl groups excluding tert-OH is 1. The minimum absolute atomic E-state index is 0.0609. The van der Waals surface area contributed by atoms with Crippen molar-refractivity contribution in [2.24, 2.45) is 0 Å². The molecule has 0 saturated carbocycles. The number of carbonyl (C=O) groups excluding carboxylic acids is 1. The summed E-state index contributed by atoms with van der Waals surface area (Å²) < 4.78 is 4.81. The van der Waals surface area contributed by atoms with Gasteiger partial charge in [0.25, 0.3) is 0 Å². The minimum Gasteiger partial charge on any atom is -0.447 e. The summed E-state index contributed by atoms with van der Waals surface area (Å²) in [7, 11) is 0. The third-order valence-electron chi connectivity index (χ3n) is 1.66. The van der Waals surface area contributed by atoms with Crippen LogP contribution in [0, 0.1) is 0 Å². The Hall–Kier alpha value is -0.770. The first-order valence-electron chi connectivity index (χ1n) is 4.48. The van der Waals surface area contributed by atoms with Crippen LogP contribution in [0.15, 0.2) is 0 Å². The Kier molecular flexibility index (Phi) is 4.77. The van der Waals surface area contributed by atoms with E-state index in [-0.39, 0.29) is 24.8 Å². The summed E-state index contributed by atoms with van der Waals surface area (Å²) >= 11 is 0. The van der Waals surface area contributed by atoms with E-state index in [0.29, 0.717) is 6.54 Å². The first-order chi connectivity index (χ1) is 5.93. The lowest BCUT2D eigenvalue weighted by molar-refractivity contribution is 0.0583. The van der Waals surface area contributed by atoms with Gasteiger partial charge < -0.3 is 14.7 Å². The number of ether oxygens (including phenoxy) is 1. The van der Waals surface area contributed by atoms with Crippen LogP contribution in [0.3, 0.4) is 0 Å². The summed E-state index contributed by atoms with van der Waals surface area (Å²) in [6, 6.07) is 0. The summed E-state index contributed by atoms with van der Waals surface area (Å²) in [4.78, 5) is 13.0. The van der Waals surface area contributed by atoms with E-state index in [1.165, 1.54) is 0 Å². The van der Waals surface area contributed by atoms with Crippen molar-refractivity contribution in [3.63, 3.8) is 0 Å². The number of carbonyl (C=O) groups is 1. The zero-order chi connectivity index (χ0) is 10.5. The molecule has 0 aliphatic carbocycles. The third kappa shape index (κ3) is 4.12. The van der Waals surface area contributed by atoms with Gasteiger partial charge in [-0.25, -0.2) is 4.79 Å². The van der Waals surface area contributed by atoms with Crippen LogP contribution in [-0.4, -0.2) is 41.4 Å². The maximum atomic E-state index is 11.4. The van der Waals surface area contributed by atoms with Crippen LogP contribution in [0.4, 0.5) is 4.79 Å². The van der Waals surface area contributed by atoms with Crippen LogP contribution in [0.5, 0.6) is 0 Å². The van der Waals surface area contributed by atoms with Crippen molar-refractivity contribution >= 4 is 6.09 Å². The summed E-state index contributed by atoms with van der Waals surface area (Å²) in [5, 5.41) is 8.48. The van der Waals surface area contributed by atoms with Crippen molar-refractivity contribution in [1.82, 2.24) is 4.90 Å². The third-order valence-corrected chi connectivity index (χ3v) is 1.66. The van der Waals surface area contributed by atoms with Crippen molar-refractivity contribution in [2.75, 3.05) is 19.8 Å². The normalized spacial score (nSPS) is 11.2. The predicted molar refractivity (Wildman–Crippen MR) is 50.6 cm³/mol. The smallest absolute Gasteiger partial charge is 0.410 e. The molecule has 0 unspecified atom stereocenters. The van der Waals surface area contributed by atoms with Gasteiger partial charge in [-0.2, -0.15) is 0 Å². The van der Waals surface area contributed by atoms with Crippen LogP contribution in [0.2, 0.25) is 0 Å². The summed E-state index contributed by atoms with van der Waals surface area (Å²) in [6.45, 7) is 8.25. The highest BCUT2D eigenvalue weighted by atomic mass is 16.6. The molecule has 0 aromatic rings. The van der Waals surface area contributed by atoms with Crippen LogP contribution in [0.1, 0.15) is 27.7 Å². The SMILES string of the molecule is CCN(C(=O)OCCO)C(C)(C)C. The summed E-state index contributed by atoms with van der Waals surface area (Å²) in [5.41, 5.74) is -0.235. The van der Waals surface area contributed by atoms with E-state index in [1.54, 1.807) is 4.90 Å². The van der Waals surface area contributed by atoms with Crippen molar-refractivity contribution in [3.05, 3.63) is 0 Å². The number of rotatable bonds is 3. The molecule has 13 heavy (non-hydrogen) atoms. The van der Waals surface area contributed by atoms with Gasteiger partial charge in [0.2, 0.25) is 0 Å². The molecule has 0 bridgehead atoms. The molecule has 0 atom stereocenters. The zero-order valence-corrected chi connectivity index (χ0v) is 8.83. The second-order valence-electron chi connectivity index (χ2n) is 3.75. The molecule has 0 saturated heterocycles. The molecule has 4 nitrogen and oxygen atoms in total. The predicted octanol–water partition coefficient (Wildman–Crippen LogP) is 1.24. The van der Waals surface area contributed by atoms with Gasteiger partial charge >= 0.3 is 6.09 Å². The van der Waals surface area contributed by atoms with Gasteiger partial charge in [0.1, 0.15) is 6.61 Å². The van der Waals surface area contributed by atoms with Gasteiger partial charge in [0.15, 0.2) is 0 Å². The second kappa shape index (κ2) is 5.07. The molecule has 0 spiro atoms. The van der Waals surface area contributed by atoms with E-state index < -0.39 is 0 Å². The topological polar surface area (TPSA) is 49.8 Å². The number of hydrogen-bond donors (Lipinski definition) is 1. The Morgan fingerprint density at radius 3 is 2.31 bits per heavy atom. The molecule has 0 fully saturated rings. The van der Waals surface area contributed by atoms with Gasteiger partial charge in [0.05, 0.1) is 6.61 Å². The van der Waals surface area contributed by atoms with E-state index >= 15 is 0 Å². The minimum atomic E-state index is -0.371. The molecule has 1 amide bonds. The van der Waals surface area contributed by atoms with Gasteiger partial charge in [-0.05, 0) is 27.7 Å². The van der Waals surface area contributed by atoms with Crippen LogP contribution in [-0.2, 0) is 4.74 Å². The van der Waals surface area contributed by atoms with E-state index in [9.17, 15) is 4.79 Å². The largest absolute Gasteiger partial charge is 0.447 e. The summed E-state index contributed by atoms with van der Waals surface area (Å²) in [6.07, 6.45) is -0.371. The first-order valence-corrected chi connectivity index (χ1v) is 4.48. The number of amides is 1. The average Bonchev–Trinajstić information content (AvgIpc) is 1.99. The van der Waals surface area contributed by atoms with E-state index in [2.05, 4.69) is 0 Å². The Morgan fingerprint density at radius 2 is 2.00 bits per heavy atom. The Morgan fingerprint density at radius 1 is 1.46 bits per heavy atom. The molecule has 0 heterocycles. The second-order valence-corrected chi connectivity index (χ2v) is 3.75. The van der Waals surface area contributed by atoms with Crippen molar-refractivity contribution in [2.45, 2.75) is 33.2 Å². The fourth-order valence-corrected chi connectivity index (χ4v) is 1.09. The highest BCUT2D eigenvalue weighted by Crippen LogP contribution is 2.13. The lowest BCUT2D eigenvalue weighted by Crippen LogP contribution is -2.45. The van der Waals surface area contributed by atoms with Gasteiger partial charge in [0, 0.05) is 12.1 Å². The highest BCUT2D eigenvalue weighted by molar-refractivity contribution is 5.68. The molecule has 4 heteroatoms. The van der Waals surface area contributed by atoms with E-state index in [0.717, 1.165) is 0 Å². The standard InChI is InChI=1S/C9H19NO3/c1-5-10(9(2,3)4)8(12)13-7-6-11/h11H,5-7H2,1-4H3. The number of aliphatic hydroxyl groups is 1. The highest BCUT2D eigenvalue weighted by Gasteiger charge is 2.25. The fraction of sp³-hybridized carbons (Fsp3) is 0.889. The molecule has 0 aliphatic rings. The van der Waals surface area contributed by atoms with Gasteiger partial charge in [-0.1, -0.05) is 0 Å². The van der Waals surface area contributed by atoms with Gasteiger partial charge in [-0.15, -0.1) is 0 Å².